The molecule has 2 aliphatic heterocycles. The molecule has 0 bridgehead atoms. The first-order valence-corrected chi connectivity index (χ1v) is 6.42. The van der Waals surface area contributed by atoms with Crippen molar-refractivity contribution in [1.82, 2.24) is 15.5 Å². The zero-order valence-electron chi connectivity index (χ0n) is 10.3. The summed E-state index contributed by atoms with van der Waals surface area (Å²) in [5.41, 5.74) is 0. The molecule has 2 aliphatic rings. The molecule has 2 fully saturated rings. The number of nitrogens with zero attached hydrogens (tertiary/aromatic N) is 1. The molecular formula is C12H23N3O. The molecule has 16 heavy (non-hydrogen) atoms. The average Bonchev–Trinajstić information content (AvgIpc) is 2.28. The number of hydrogen-bond acceptors (Lipinski definition) is 3. The summed E-state index contributed by atoms with van der Waals surface area (Å²) in [4.78, 5) is 14.4. The molecule has 0 aromatic rings. The third kappa shape index (κ3) is 2.74. The van der Waals surface area contributed by atoms with Crippen molar-refractivity contribution in [2.45, 2.75) is 38.8 Å². The van der Waals surface area contributed by atoms with Gasteiger partial charge >= 0.3 is 0 Å². The Kier molecular flexibility index (Phi) is 3.82. The second-order valence-electron chi connectivity index (χ2n) is 5.24. The number of amides is 1. The molecule has 0 spiro atoms. The molecule has 2 unspecified atom stereocenters. The molecule has 92 valence electrons. The summed E-state index contributed by atoms with van der Waals surface area (Å²) < 4.78 is 0. The molecule has 2 heterocycles. The van der Waals surface area contributed by atoms with Gasteiger partial charge in [0.15, 0.2) is 0 Å². The molecule has 0 aromatic carbocycles. The zero-order chi connectivity index (χ0) is 11.5. The van der Waals surface area contributed by atoms with Crippen LogP contribution >= 0.6 is 0 Å². The Morgan fingerprint density at radius 1 is 1.12 bits per heavy atom. The van der Waals surface area contributed by atoms with Crippen molar-refractivity contribution < 1.29 is 4.79 Å². The second kappa shape index (κ2) is 5.15. The van der Waals surface area contributed by atoms with Crippen LogP contribution in [0.4, 0.5) is 0 Å². The lowest BCUT2D eigenvalue weighted by Gasteiger charge is -2.38. The van der Waals surface area contributed by atoms with Gasteiger partial charge in [-0.3, -0.25) is 4.79 Å². The van der Waals surface area contributed by atoms with Crippen molar-refractivity contribution in [2.24, 2.45) is 5.92 Å². The predicted octanol–water partition coefficient (Wildman–Crippen LogP) is 0.195. The first-order valence-electron chi connectivity index (χ1n) is 6.42. The zero-order valence-corrected chi connectivity index (χ0v) is 10.3. The summed E-state index contributed by atoms with van der Waals surface area (Å²) in [7, 11) is 0. The van der Waals surface area contributed by atoms with Crippen molar-refractivity contribution in [3.8, 4) is 0 Å². The summed E-state index contributed by atoms with van der Waals surface area (Å²) >= 11 is 0. The van der Waals surface area contributed by atoms with Crippen molar-refractivity contribution in [3.05, 3.63) is 0 Å². The summed E-state index contributed by atoms with van der Waals surface area (Å²) in [6.45, 7) is 8.03. The molecule has 2 rings (SSSR count). The van der Waals surface area contributed by atoms with Crippen molar-refractivity contribution in [1.29, 1.82) is 0 Å². The van der Waals surface area contributed by atoms with E-state index in [-0.39, 0.29) is 5.92 Å². The Morgan fingerprint density at radius 2 is 1.69 bits per heavy atom. The van der Waals surface area contributed by atoms with E-state index in [1.807, 2.05) is 0 Å². The van der Waals surface area contributed by atoms with Crippen LogP contribution in [0.3, 0.4) is 0 Å². The molecule has 2 N–H and O–H groups in total. The minimum absolute atomic E-state index is 0.263. The number of carbonyl (C=O) groups is 1. The van der Waals surface area contributed by atoms with Crippen LogP contribution in [0.25, 0.3) is 0 Å². The summed E-state index contributed by atoms with van der Waals surface area (Å²) in [5.74, 6) is 0.639. The molecule has 0 saturated carbocycles. The number of piperidine rings is 1. The molecular weight excluding hydrogens is 202 g/mol. The van der Waals surface area contributed by atoms with E-state index in [2.05, 4.69) is 29.4 Å². The SMILES string of the molecule is CC1CN(C(=O)C2CCNCC2)CC(C)N1. The number of hydrogen-bond donors (Lipinski definition) is 2. The van der Waals surface area contributed by atoms with E-state index in [0.717, 1.165) is 39.0 Å². The standard InChI is InChI=1S/C12H23N3O/c1-9-7-15(8-10(2)14-9)12(16)11-3-5-13-6-4-11/h9-11,13-14H,3-8H2,1-2H3. The van der Waals surface area contributed by atoms with Gasteiger partial charge in [0.1, 0.15) is 0 Å². The Morgan fingerprint density at radius 3 is 2.25 bits per heavy atom. The largest absolute Gasteiger partial charge is 0.339 e. The van der Waals surface area contributed by atoms with Crippen LogP contribution in [0.1, 0.15) is 26.7 Å². The van der Waals surface area contributed by atoms with E-state index < -0.39 is 0 Å². The first-order chi connectivity index (χ1) is 7.66. The van der Waals surface area contributed by atoms with E-state index in [4.69, 9.17) is 0 Å². The highest BCUT2D eigenvalue weighted by Gasteiger charge is 2.30. The monoisotopic (exact) mass is 225 g/mol. The van der Waals surface area contributed by atoms with Gasteiger partial charge in [-0.1, -0.05) is 0 Å². The van der Waals surface area contributed by atoms with Gasteiger partial charge in [-0.15, -0.1) is 0 Å². The Bertz CT molecular complexity index is 241. The van der Waals surface area contributed by atoms with Crippen LogP contribution in [0.15, 0.2) is 0 Å². The summed E-state index contributed by atoms with van der Waals surface area (Å²) in [6, 6.07) is 0.851. The highest BCUT2D eigenvalue weighted by atomic mass is 16.2. The average molecular weight is 225 g/mol. The van der Waals surface area contributed by atoms with Gasteiger partial charge in [-0.05, 0) is 39.8 Å². The summed E-state index contributed by atoms with van der Waals surface area (Å²) in [5, 5.41) is 6.77. The first kappa shape index (κ1) is 11.9. The quantitative estimate of drug-likeness (QED) is 0.670. The third-order valence-electron chi connectivity index (χ3n) is 3.56. The Balaban J connectivity index is 1.92. The molecule has 0 aliphatic carbocycles. The fourth-order valence-electron chi connectivity index (χ4n) is 2.83. The van der Waals surface area contributed by atoms with Gasteiger partial charge in [0.2, 0.25) is 5.91 Å². The maximum atomic E-state index is 12.3. The molecule has 1 amide bonds. The lowest BCUT2D eigenvalue weighted by Crippen LogP contribution is -2.57. The van der Waals surface area contributed by atoms with Gasteiger partial charge in [-0.25, -0.2) is 0 Å². The Labute approximate surface area is 97.8 Å². The molecule has 0 radical (unpaired) electrons. The van der Waals surface area contributed by atoms with Crippen LogP contribution in [-0.4, -0.2) is 49.1 Å². The van der Waals surface area contributed by atoms with Crippen LogP contribution in [-0.2, 0) is 4.79 Å². The fraction of sp³-hybridized carbons (Fsp3) is 0.917. The maximum Gasteiger partial charge on any atom is 0.225 e. The van der Waals surface area contributed by atoms with Crippen LogP contribution in [0.5, 0.6) is 0 Å². The summed E-state index contributed by atoms with van der Waals surface area (Å²) in [6.07, 6.45) is 2.01. The van der Waals surface area contributed by atoms with Gasteiger partial charge < -0.3 is 15.5 Å². The predicted molar refractivity (Wildman–Crippen MR) is 64.2 cm³/mol. The van der Waals surface area contributed by atoms with Gasteiger partial charge in [0.05, 0.1) is 0 Å². The van der Waals surface area contributed by atoms with E-state index in [9.17, 15) is 4.79 Å². The lowest BCUT2D eigenvalue weighted by molar-refractivity contribution is -0.138. The van der Waals surface area contributed by atoms with Crippen LogP contribution < -0.4 is 10.6 Å². The number of nitrogens with one attached hydrogen (secondary N) is 2. The van der Waals surface area contributed by atoms with Crippen LogP contribution in [0, 0.1) is 5.92 Å². The highest BCUT2D eigenvalue weighted by molar-refractivity contribution is 5.79. The van der Waals surface area contributed by atoms with Crippen molar-refractivity contribution >= 4 is 5.91 Å². The molecule has 4 nitrogen and oxygen atoms in total. The van der Waals surface area contributed by atoms with Crippen molar-refractivity contribution in [2.75, 3.05) is 26.2 Å². The lowest BCUT2D eigenvalue weighted by atomic mass is 9.95. The van der Waals surface area contributed by atoms with E-state index >= 15 is 0 Å². The van der Waals surface area contributed by atoms with Crippen LogP contribution in [0.2, 0.25) is 0 Å². The number of carbonyl (C=O) groups excluding carboxylic acids is 1. The maximum absolute atomic E-state index is 12.3. The van der Waals surface area contributed by atoms with E-state index in [1.165, 1.54) is 0 Å². The minimum Gasteiger partial charge on any atom is -0.339 e. The Hall–Kier alpha value is -0.610. The van der Waals surface area contributed by atoms with E-state index in [1.54, 1.807) is 0 Å². The van der Waals surface area contributed by atoms with Gasteiger partial charge in [-0.2, -0.15) is 0 Å². The van der Waals surface area contributed by atoms with Gasteiger partial charge in [0, 0.05) is 31.1 Å². The van der Waals surface area contributed by atoms with E-state index in [0.29, 0.717) is 18.0 Å². The number of rotatable bonds is 1. The number of piperazine rings is 1. The van der Waals surface area contributed by atoms with Crippen molar-refractivity contribution in [3.63, 3.8) is 0 Å². The fourth-order valence-corrected chi connectivity index (χ4v) is 2.83. The minimum atomic E-state index is 0.263. The topological polar surface area (TPSA) is 44.4 Å². The molecule has 4 heteroatoms. The normalized spacial score (nSPS) is 32.8. The smallest absolute Gasteiger partial charge is 0.225 e. The third-order valence-corrected chi connectivity index (χ3v) is 3.56. The molecule has 2 atom stereocenters. The van der Waals surface area contributed by atoms with Gasteiger partial charge in [0.25, 0.3) is 0 Å². The highest BCUT2D eigenvalue weighted by Crippen LogP contribution is 2.17. The second-order valence-corrected chi connectivity index (χ2v) is 5.24. The molecule has 0 aromatic heterocycles. The molecule has 2 saturated heterocycles.